The molecule has 4 nitrogen and oxygen atoms in total. The molecular weight excluding hydrogens is 560 g/mol. The van der Waals surface area contributed by atoms with Gasteiger partial charge >= 0.3 is 0 Å². The van der Waals surface area contributed by atoms with Crippen LogP contribution in [0.15, 0.2) is 158 Å². The van der Waals surface area contributed by atoms with Gasteiger partial charge in [0.15, 0.2) is 0 Å². The minimum Gasteiger partial charge on any atom is -0.245 e. The van der Waals surface area contributed by atoms with E-state index in [1.54, 1.807) is 0 Å². The molecule has 0 bridgehead atoms. The number of benzene rings is 6. The van der Waals surface area contributed by atoms with Gasteiger partial charge in [0.2, 0.25) is 0 Å². The van der Waals surface area contributed by atoms with Crippen LogP contribution in [-0.4, -0.2) is 19.9 Å². The molecule has 4 heteroatoms. The third kappa shape index (κ3) is 4.56. The molecule has 3 aromatic heterocycles. The van der Waals surface area contributed by atoms with E-state index in [1.165, 1.54) is 0 Å². The average Bonchev–Trinajstić information content (AvgIpc) is 3.14. The maximum atomic E-state index is 5.17. The van der Waals surface area contributed by atoms with Gasteiger partial charge in [-0.15, -0.1) is 0 Å². The molecule has 0 amide bonds. The fourth-order valence-corrected chi connectivity index (χ4v) is 6.25. The van der Waals surface area contributed by atoms with E-state index in [9.17, 15) is 0 Å². The van der Waals surface area contributed by atoms with Gasteiger partial charge in [-0.25, -0.2) is 19.9 Å². The van der Waals surface area contributed by atoms with Crippen molar-refractivity contribution >= 4 is 43.6 Å². The topological polar surface area (TPSA) is 51.6 Å². The quantitative estimate of drug-likeness (QED) is 0.193. The fraction of sp³-hybridized carbons (Fsp3) is 0. The van der Waals surface area contributed by atoms with Gasteiger partial charge in [-0.05, 0) is 47.2 Å². The Balaban J connectivity index is 1.14. The van der Waals surface area contributed by atoms with Crippen molar-refractivity contribution in [1.29, 1.82) is 0 Å². The molecule has 214 valence electrons. The second-order valence-electron chi connectivity index (χ2n) is 11.5. The van der Waals surface area contributed by atoms with Gasteiger partial charge in [0.05, 0.1) is 44.8 Å². The van der Waals surface area contributed by atoms with Crippen LogP contribution in [0, 0.1) is 0 Å². The molecule has 3 heterocycles. The lowest BCUT2D eigenvalue weighted by molar-refractivity contribution is 1.29. The van der Waals surface area contributed by atoms with Gasteiger partial charge in [0, 0.05) is 33.0 Å². The van der Waals surface area contributed by atoms with E-state index in [2.05, 4.69) is 97.1 Å². The summed E-state index contributed by atoms with van der Waals surface area (Å²) < 4.78 is 0. The maximum absolute atomic E-state index is 5.17. The highest BCUT2D eigenvalue weighted by molar-refractivity contribution is 6.04. The average molecular weight is 587 g/mol. The summed E-state index contributed by atoms with van der Waals surface area (Å²) in [6.45, 7) is 0. The molecule has 6 aromatic carbocycles. The molecule has 0 saturated heterocycles. The van der Waals surface area contributed by atoms with Gasteiger partial charge in [-0.2, -0.15) is 0 Å². The lowest BCUT2D eigenvalue weighted by Gasteiger charge is -2.12. The maximum Gasteiger partial charge on any atom is 0.0973 e. The van der Waals surface area contributed by atoms with Crippen LogP contribution in [0.2, 0.25) is 0 Å². The first-order valence-electron chi connectivity index (χ1n) is 15.4. The van der Waals surface area contributed by atoms with Crippen LogP contribution in [-0.2, 0) is 0 Å². The third-order valence-corrected chi connectivity index (χ3v) is 8.62. The van der Waals surface area contributed by atoms with E-state index in [0.717, 1.165) is 88.6 Å². The summed E-state index contributed by atoms with van der Waals surface area (Å²) in [7, 11) is 0. The van der Waals surface area contributed by atoms with Crippen LogP contribution >= 0.6 is 0 Å². The summed E-state index contributed by atoms with van der Waals surface area (Å²) in [6, 6.07) is 54.4. The zero-order valence-corrected chi connectivity index (χ0v) is 24.8. The summed E-state index contributed by atoms with van der Waals surface area (Å²) in [5.41, 5.74) is 11.5. The molecule has 0 fully saturated rings. The Hall–Kier alpha value is -6.26. The zero-order chi connectivity index (χ0) is 30.5. The van der Waals surface area contributed by atoms with Crippen LogP contribution in [0.1, 0.15) is 0 Å². The second-order valence-corrected chi connectivity index (χ2v) is 11.5. The second kappa shape index (κ2) is 10.7. The smallest absolute Gasteiger partial charge is 0.0973 e. The monoisotopic (exact) mass is 586 g/mol. The minimum atomic E-state index is 0.876. The highest BCUT2D eigenvalue weighted by Gasteiger charge is 2.14. The first-order chi connectivity index (χ1) is 22.8. The Morgan fingerprint density at radius 2 is 0.717 bits per heavy atom. The number of fused-ring (bicyclic) bond motifs is 5. The normalized spacial score (nSPS) is 11.5. The number of rotatable bonds is 4. The molecule has 0 unspecified atom stereocenters. The largest absolute Gasteiger partial charge is 0.245 e. The molecule has 0 aliphatic heterocycles. The van der Waals surface area contributed by atoms with Crippen LogP contribution in [0.25, 0.3) is 88.6 Å². The van der Waals surface area contributed by atoms with Gasteiger partial charge in [0.25, 0.3) is 0 Å². The Kier molecular flexibility index (Phi) is 6.10. The molecule has 9 rings (SSSR count). The van der Waals surface area contributed by atoms with Crippen molar-refractivity contribution in [3.05, 3.63) is 158 Å². The molecule has 0 aliphatic rings. The lowest BCUT2D eigenvalue weighted by Crippen LogP contribution is -1.95. The van der Waals surface area contributed by atoms with E-state index in [0.29, 0.717) is 0 Å². The number of hydrogen-bond donors (Lipinski definition) is 0. The van der Waals surface area contributed by atoms with Crippen molar-refractivity contribution in [3.8, 4) is 45.0 Å². The van der Waals surface area contributed by atoms with Crippen LogP contribution in [0.3, 0.4) is 0 Å². The van der Waals surface area contributed by atoms with Crippen molar-refractivity contribution in [2.75, 3.05) is 0 Å². The predicted octanol–water partition coefficient (Wildman–Crippen LogP) is 10.5. The van der Waals surface area contributed by atoms with E-state index in [1.807, 2.05) is 60.7 Å². The van der Waals surface area contributed by atoms with Crippen molar-refractivity contribution in [2.24, 2.45) is 0 Å². The van der Waals surface area contributed by atoms with Crippen molar-refractivity contribution in [3.63, 3.8) is 0 Å². The van der Waals surface area contributed by atoms with Crippen molar-refractivity contribution in [2.45, 2.75) is 0 Å². The number of hydrogen-bond acceptors (Lipinski definition) is 4. The Labute approximate surface area is 265 Å². The molecule has 0 radical (unpaired) electrons. The molecule has 0 atom stereocenters. The van der Waals surface area contributed by atoms with Crippen molar-refractivity contribution in [1.82, 2.24) is 19.9 Å². The van der Waals surface area contributed by atoms with Gasteiger partial charge in [-0.3, -0.25) is 0 Å². The summed E-state index contributed by atoms with van der Waals surface area (Å²) in [4.78, 5) is 20.4. The van der Waals surface area contributed by atoms with E-state index >= 15 is 0 Å². The van der Waals surface area contributed by atoms with Gasteiger partial charge < -0.3 is 0 Å². The lowest BCUT2D eigenvalue weighted by atomic mass is 9.98. The molecule has 0 aliphatic carbocycles. The summed E-state index contributed by atoms with van der Waals surface area (Å²) in [6.07, 6.45) is 0. The van der Waals surface area contributed by atoms with E-state index < -0.39 is 0 Å². The first kappa shape index (κ1) is 26.2. The summed E-state index contributed by atoms with van der Waals surface area (Å²) in [5, 5.41) is 4.43. The van der Waals surface area contributed by atoms with Crippen LogP contribution in [0.4, 0.5) is 0 Å². The highest BCUT2D eigenvalue weighted by atomic mass is 14.8. The Morgan fingerprint density at radius 1 is 0.283 bits per heavy atom. The molecule has 0 saturated carbocycles. The predicted molar refractivity (Wildman–Crippen MR) is 189 cm³/mol. The number of pyridine rings is 2. The van der Waals surface area contributed by atoms with E-state index in [4.69, 9.17) is 19.9 Å². The highest BCUT2D eigenvalue weighted by Crippen LogP contribution is 2.34. The number of para-hydroxylation sites is 2. The molecule has 0 N–H and O–H groups in total. The van der Waals surface area contributed by atoms with Gasteiger partial charge in [-0.1, -0.05) is 121 Å². The standard InChI is InChI=1S/C42H26N4/c1-3-9-27(10-4-1)35-23-21-29-15-16-30-22-24-36(44-41(30)40(29)43-35)33-19-17-32-26-34(20-18-31(32)25-33)42-39(28-11-5-2-6-12-28)45-37-13-7-8-14-38(37)46-42/h1-26H. The zero-order valence-electron chi connectivity index (χ0n) is 24.8. The molecule has 0 spiro atoms. The third-order valence-electron chi connectivity index (χ3n) is 8.62. The molecule has 9 aromatic rings. The number of nitrogens with zero attached hydrogens (tertiary/aromatic N) is 4. The minimum absolute atomic E-state index is 0.876. The van der Waals surface area contributed by atoms with Crippen LogP contribution in [0.5, 0.6) is 0 Å². The molecular formula is C42H26N4. The SMILES string of the molecule is c1ccc(-c2ccc3ccc4ccc(-c5ccc6cc(-c7nc8ccccc8nc7-c7ccccc7)ccc6c5)nc4c3n2)cc1. The number of aromatic nitrogens is 4. The Morgan fingerprint density at radius 3 is 1.33 bits per heavy atom. The Bertz CT molecular complexity index is 2580. The van der Waals surface area contributed by atoms with Crippen molar-refractivity contribution < 1.29 is 0 Å². The first-order valence-corrected chi connectivity index (χ1v) is 15.4. The molecule has 46 heavy (non-hydrogen) atoms. The fourth-order valence-electron chi connectivity index (χ4n) is 6.25. The summed E-state index contributed by atoms with van der Waals surface area (Å²) in [5.74, 6) is 0. The van der Waals surface area contributed by atoms with Crippen LogP contribution < -0.4 is 0 Å². The summed E-state index contributed by atoms with van der Waals surface area (Å²) >= 11 is 0. The van der Waals surface area contributed by atoms with E-state index in [-0.39, 0.29) is 0 Å². The van der Waals surface area contributed by atoms with Gasteiger partial charge in [0.1, 0.15) is 0 Å².